The van der Waals surface area contributed by atoms with Crippen molar-refractivity contribution in [3.05, 3.63) is 84.2 Å². The third-order valence-electron chi connectivity index (χ3n) is 5.14. The van der Waals surface area contributed by atoms with Gasteiger partial charge in [-0.25, -0.2) is 8.42 Å². The second-order valence-corrected chi connectivity index (χ2v) is 10.5. The van der Waals surface area contributed by atoms with E-state index >= 15 is 0 Å². The van der Waals surface area contributed by atoms with Gasteiger partial charge in [0, 0.05) is 18.1 Å². The van der Waals surface area contributed by atoms with Gasteiger partial charge < -0.3 is 15.8 Å². The van der Waals surface area contributed by atoms with Gasteiger partial charge in [0.25, 0.3) is 0 Å². The van der Waals surface area contributed by atoms with Crippen molar-refractivity contribution in [2.24, 2.45) is 0 Å². The molecule has 0 saturated heterocycles. The number of pyridine rings is 1. The smallest absolute Gasteiger partial charge is 0.384 e. The Morgan fingerprint density at radius 2 is 1.71 bits per heavy atom. The topological polar surface area (TPSA) is 103 Å². The highest BCUT2D eigenvalue weighted by molar-refractivity contribution is 7.90. The molecule has 0 atom stereocenters. The maximum atomic E-state index is 13.5. The molecular formula is C25H24F3N3O3S. The van der Waals surface area contributed by atoms with Crippen LogP contribution in [0.25, 0.3) is 16.8 Å². The van der Waals surface area contributed by atoms with Crippen LogP contribution in [0, 0.1) is 5.41 Å². The van der Waals surface area contributed by atoms with E-state index in [0.29, 0.717) is 16.7 Å². The molecule has 0 unspecified atom stereocenters. The lowest BCUT2D eigenvalue weighted by Crippen LogP contribution is -2.29. The van der Waals surface area contributed by atoms with E-state index in [1.165, 1.54) is 32.1 Å². The number of hydrogen-bond acceptors (Lipinski definition) is 6. The van der Waals surface area contributed by atoms with E-state index in [1.807, 2.05) is 0 Å². The zero-order chi connectivity index (χ0) is 26.0. The van der Waals surface area contributed by atoms with Crippen LogP contribution in [0.5, 0.6) is 0 Å². The number of rotatable bonds is 7. The first-order valence-electron chi connectivity index (χ1n) is 10.4. The molecule has 1 heterocycles. The van der Waals surface area contributed by atoms with Gasteiger partial charge in [-0.15, -0.1) is 0 Å². The quantitative estimate of drug-likeness (QED) is 0.374. The maximum absolute atomic E-state index is 13.5. The van der Waals surface area contributed by atoms with Crippen LogP contribution in [0.3, 0.4) is 0 Å². The summed E-state index contributed by atoms with van der Waals surface area (Å²) in [6, 6.07) is 13.9. The minimum absolute atomic E-state index is 0.145. The van der Waals surface area contributed by atoms with E-state index in [4.69, 9.17) is 5.41 Å². The van der Waals surface area contributed by atoms with Crippen molar-refractivity contribution >= 4 is 26.9 Å². The van der Waals surface area contributed by atoms with E-state index in [2.05, 4.69) is 10.3 Å². The first-order valence-corrected chi connectivity index (χ1v) is 12.3. The molecule has 3 N–H and O–H groups in total. The molecule has 10 heteroatoms. The number of anilines is 1. The average molecular weight is 504 g/mol. The molecule has 1 aromatic heterocycles. The summed E-state index contributed by atoms with van der Waals surface area (Å²) in [5.41, 5.74) is -1.06. The van der Waals surface area contributed by atoms with Crippen LogP contribution in [0.15, 0.2) is 78.0 Å². The van der Waals surface area contributed by atoms with Gasteiger partial charge in [0.2, 0.25) is 0 Å². The second-order valence-electron chi connectivity index (χ2n) is 8.45. The van der Waals surface area contributed by atoms with Crippen molar-refractivity contribution < 1.29 is 26.7 Å². The fourth-order valence-electron chi connectivity index (χ4n) is 3.15. The molecule has 184 valence electrons. The number of alkyl halides is 3. The van der Waals surface area contributed by atoms with Crippen LogP contribution in [0.4, 0.5) is 18.9 Å². The Labute approximate surface area is 201 Å². The molecule has 3 rings (SSSR count). The molecule has 2 aromatic carbocycles. The molecule has 6 nitrogen and oxygen atoms in total. The highest BCUT2D eigenvalue weighted by atomic mass is 32.2. The van der Waals surface area contributed by atoms with Crippen molar-refractivity contribution in [2.75, 3.05) is 11.6 Å². The van der Waals surface area contributed by atoms with Crippen LogP contribution >= 0.6 is 0 Å². The van der Waals surface area contributed by atoms with Gasteiger partial charge in [-0.3, -0.25) is 4.98 Å². The summed E-state index contributed by atoms with van der Waals surface area (Å²) in [5, 5.41) is 21.0. The summed E-state index contributed by atoms with van der Waals surface area (Å²) < 4.78 is 64.2. The maximum Gasteiger partial charge on any atom is 0.418 e. The van der Waals surface area contributed by atoms with Crippen LogP contribution < -0.4 is 5.32 Å². The lowest BCUT2D eigenvalue weighted by molar-refractivity contribution is -0.137. The largest absolute Gasteiger partial charge is 0.418 e. The van der Waals surface area contributed by atoms with Crippen LogP contribution in [-0.4, -0.2) is 36.1 Å². The van der Waals surface area contributed by atoms with Crippen LogP contribution in [0.1, 0.15) is 25.0 Å². The molecule has 0 aliphatic carbocycles. The monoisotopic (exact) mass is 503 g/mol. The van der Waals surface area contributed by atoms with Gasteiger partial charge in [-0.2, -0.15) is 13.2 Å². The molecule has 35 heavy (non-hydrogen) atoms. The Morgan fingerprint density at radius 1 is 1.06 bits per heavy atom. The van der Waals surface area contributed by atoms with E-state index in [1.54, 1.807) is 36.4 Å². The fourth-order valence-corrected chi connectivity index (χ4v) is 3.81. The lowest BCUT2D eigenvalue weighted by atomic mass is 9.98. The standard InChI is InChI=1S/C25H24F3N3O3S/c1-24(2,32)23(29)14-21(31-22-15-30-12-11-20(22)25(26,27)28)17-9-7-16(8-10-17)18-5-4-6-19(13-18)35(3,33)34/h4-15,29,31-32H,1-3H3/b21-14-,29-23?. The Bertz CT molecular complexity index is 1380. The Hall–Kier alpha value is -3.50. The first-order chi connectivity index (χ1) is 16.2. The molecule has 0 saturated carbocycles. The molecule has 0 bridgehead atoms. The number of hydrogen-bond donors (Lipinski definition) is 3. The SMILES string of the molecule is CC(C)(O)C(=N)/C=C(\Nc1cnccc1C(F)(F)F)c1ccc(-c2cccc(S(C)(=O)=O)c2)cc1. The number of halogens is 3. The van der Waals surface area contributed by atoms with E-state index in [0.717, 1.165) is 24.7 Å². The summed E-state index contributed by atoms with van der Waals surface area (Å²) in [4.78, 5) is 3.94. The fraction of sp³-hybridized carbons (Fsp3) is 0.200. The van der Waals surface area contributed by atoms with E-state index in [9.17, 15) is 26.7 Å². The van der Waals surface area contributed by atoms with Gasteiger partial charge in [-0.05, 0) is 54.8 Å². The number of aliphatic hydroxyl groups is 1. The predicted octanol–water partition coefficient (Wildman–Crippen LogP) is 5.41. The second kappa shape index (κ2) is 9.63. The number of nitrogens with one attached hydrogen (secondary N) is 2. The zero-order valence-corrected chi connectivity index (χ0v) is 20.0. The summed E-state index contributed by atoms with van der Waals surface area (Å²) in [5.74, 6) is 0. The molecule has 0 radical (unpaired) electrons. The minimum Gasteiger partial charge on any atom is -0.384 e. The summed E-state index contributed by atoms with van der Waals surface area (Å²) in [6.45, 7) is 2.79. The normalized spacial score (nSPS) is 12.9. The molecular weight excluding hydrogens is 479 g/mol. The number of benzene rings is 2. The predicted molar refractivity (Wildman–Crippen MR) is 130 cm³/mol. The number of sulfone groups is 1. The molecule has 0 aliphatic rings. The third kappa shape index (κ3) is 6.55. The number of nitrogens with zero attached hydrogens (tertiary/aromatic N) is 1. The molecule has 0 spiro atoms. The lowest BCUT2D eigenvalue weighted by Gasteiger charge is -2.20. The summed E-state index contributed by atoms with van der Waals surface area (Å²) >= 11 is 0. The highest BCUT2D eigenvalue weighted by Crippen LogP contribution is 2.36. The van der Waals surface area contributed by atoms with E-state index < -0.39 is 27.2 Å². The van der Waals surface area contributed by atoms with Crippen LogP contribution in [0.2, 0.25) is 0 Å². The van der Waals surface area contributed by atoms with Gasteiger partial charge in [0.05, 0.1) is 28.1 Å². The average Bonchev–Trinajstić information content (AvgIpc) is 2.77. The Morgan fingerprint density at radius 3 is 2.29 bits per heavy atom. The first kappa shape index (κ1) is 26.1. The number of aromatic nitrogens is 1. The van der Waals surface area contributed by atoms with Gasteiger partial charge in [0.15, 0.2) is 9.84 Å². The highest BCUT2D eigenvalue weighted by Gasteiger charge is 2.33. The van der Waals surface area contributed by atoms with Crippen molar-refractivity contribution in [3.8, 4) is 11.1 Å². The molecule has 0 amide bonds. The molecule has 0 fully saturated rings. The zero-order valence-electron chi connectivity index (χ0n) is 19.2. The van der Waals surface area contributed by atoms with Gasteiger partial charge in [0.1, 0.15) is 5.60 Å². The van der Waals surface area contributed by atoms with Crippen molar-refractivity contribution in [3.63, 3.8) is 0 Å². The van der Waals surface area contributed by atoms with Gasteiger partial charge in [-0.1, -0.05) is 36.4 Å². The Kier molecular flexibility index (Phi) is 7.18. The van der Waals surface area contributed by atoms with Crippen molar-refractivity contribution in [1.82, 2.24) is 4.98 Å². The summed E-state index contributed by atoms with van der Waals surface area (Å²) in [7, 11) is -3.40. The van der Waals surface area contributed by atoms with E-state index in [-0.39, 0.29) is 22.0 Å². The third-order valence-corrected chi connectivity index (χ3v) is 6.25. The molecule has 0 aliphatic heterocycles. The summed E-state index contributed by atoms with van der Waals surface area (Å²) in [6.07, 6.45) is -0.185. The minimum atomic E-state index is -4.63. The Balaban J connectivity index is 2.05. The van der Waals surface area contributed by atoms with Crippen molar-refractivity contribution in [1.29, 1.82) is 5.41 Å². The van der Waals surface area contributed by atoms with Gasteiger partial charge >= 0.3 is 6.18 Å². The van der Waals surface area contributed by atoms with Crippen molar-refractivity contribution in [2.45, 2.75) is 30.5 Å². The van der Waals surface area contributed by atoms with Crippen LogP contribution in [-0.2, 0) is 16.0 Å². The molecule has 3 aromatic rings.